The molecule has 0 bridgehead atoms. The Morgan fingerprint density at radius 3 is 2.59 bits per heavy atom. The molecule has 0 spiro atoms. The maximum absolute atomic E-state index is 12.7. The van der Waals surface area contributed by atoms with Crippen LogP contribution < -0.4 is 5.32 Å². The van der Waals surface area contributed by atoms with Crippen LogP contribution in [-0.4, -0.2) is 15.5 Å². The molecule has 1 aromatic heterocycles. The monoisotopic (exact) mass is 403 g/mol. The molecule has 1 atom stereocenters. The molecule has 1 heterocycles. The van der Waals surface area contributed by atoms with Gasteiger partial charge < -0.3 is 9.88 Å². The van der Waals surface area contributed by atoms with Gasteiger partial charge in [0.1, 0.15) is 5.82 Å². The first-order chi connectivity index (χ1) is 14.1. The topological polar surface area (TPSA) is 46.9 Å². The minimum absolute atomic E-state index is 0.165. The van der Waals surface area contributed by atoms with E-state index in [9.17, 15) is 4.79 Å². The fourth-order valence-electron chi connectivity index (χ4n) is 3.52. The molecule has 1 N–H and O–H groups in total. The predicted molar refractivity (Wildman–Crippen MR) is 117 cm³/mol. The minimum atomic E-state index is -0.246. The lowest BCUT2D eigenvalue weighted by atomic mass is 10.1. The highest BCUT2D eigenvalue weighted by Gasteiger charge is 2.19. The van der Waals surface area contributed by atoms with Crippen LogP contribution in [0.1, 0.15) is 34.7 Å². The van der Waals surface area contributed by atoms with Crippen LogP contribution >= 0.6 is 11.6 Å². The number of carbonyl (C=O) groups is 1. The van der Waals surface area contributed by atoms with Crippen molar-refractivity contribution in [3.8, 4) is 0 Å². The Balaban J connectivity index is 1.61. The molecule has 0 saturated carbocycles. The Morgan fingerprint density at radius 2 is 1.79 bits per heavy atom. The summed E-state index contributed by atoms with van der Waals surface area (Å²) < 4.78 is 2.20. The molecule has 5 heteroatoms. The van der Waals surface area contributed by atoms with E-state index in [4.69, 9.17) is 16.6 Å². The number of carbonyl (C=O) groups excluding carboxylic acids is 1. The molecule has 1 amide bonds. The Kier molecular flexibility index (Phi) is 5.63. The highest BCUT2D eigenvalue weighted by atomic mass is 35.5. The molecular formula is C24H22ClN3O. The van der Waals surface area contributed by atoms with E-state index < -0.39 is 0 Å². The number of rotatable bonds is 6. The number of nitrogens with one attached hydrogen (secondary N) is 1. The molecule has 0 fully saturated rings. The molecule has 1 unspecified atom stereocenters. The van der Waals surface area contributed by atoms with Gasteiger partial charge in [0.05, 0.1) is 17.1 Å². The fraction of sp³-hybridized carbons (Fsp3) is 0.167. The summed E-state index contributed by atoms with van der Waals surface area (Å²) in [6.45, 7) is 2.75. The Hall–Kier alpha value is -3.11. The number of aryl methyl sites for hydroxylation is 2. The molecule has 0 aliphatic heterocycles. The highest BCUT2D eigenvalue weighted by Crippen LogP contribution is 2.22. The second kappa shape index (κ2) is 8.50. The largest absolute Gasteiger partial charge is 0.342 e. The lowest BCUT2D eigenvalue weighted by Crippen LogP contribution is -2.29. The van der Waals surface area contributed by atoms with Crippen LogP contribution in [0.3, 0.4) is 0 Å². The number of para-hydroxylation sites is 2. The number of hydrogen-bond donors (Lipinski definition) is 1. The normalized spacial score (nSPS) is 12.1. The third-order valence-corrected chi connectivity index (χ3v) is 5.21. The molecular weight excluding hydrogens is 382 g/mol. The van der Waals surface area contributed by atoms with Crippen LogP contribution in [-0.2, 0) is 13.0 Å². The molecule has 0 saturated heterocycles. The van der Waals surface area contributed by atoms with Crippen molar-refractivity contribution in [1.82, 2.24) is 14.9 Å². The molecule has 4 nitrogen and oxygen atoms in total. The SMILES string of the molecule is CC(NC(=O)c1cccc(Cl)c1)c1nc2ccccc2n1CCc1ccccc1. The van der Waals surface area contributed by atoms with Crippen molar-refractivity contribution in [2.75, 3.05) is 0 Å². The van der Waals surface area contributed by atoms with Crippen LogP contribution in [0.5, 0.6) is 0 Å². The summed E-state index contributed by atoms with van der Waals surface area (Å²) in [5, 5.41) is 3.60. The summed E-state index contributed by atoms with van der Waals surface area (Å²) in [4.78, 5) is 17.5. The smallest absolute Gasteiger partial charge is 0.251 e. The zero-order chi connectivity index (χ0) is 20.2. The van der Waals surface area contributed by atoms with E-state index in [1.807, 2.05) is 31.2 Å². The van der Waals surface area contributed by atoms with Gasteiger partial charge in [0, 0.05) is 17.1 Å². The van der Waals surface area contributed by atoms with Crippen molar-refractivity contribution in [3.05, 3.63) is 101 Å². The Morgan fingerprint density at radius 1 is 1.03 bits per heavy atom. The van der Waals surface area contributed by atoms with E-state index in [2.05, 4.69) is 40.2 Å². The zero-order valence-electron chi connectivity index (χ0n) is 16.2. The number of amides is 1. The molecule has 4 rings (SSSR count). The second-order valence-corrected chi connectivity index (χ2v) is 7.49. The van der Waals surface area contributed by atoms with E-state index in [1.165, 1.54) is 5.56 Å². The molecule has 0 aliphatic rings. The lowest BCUT2D eigenvalue weighted by Gasteiger charge is -2.16. The molecule has 3 aromatic carbocycles. The van der Waals surface area contributed by atoms with Gasteiger partial charge >= 0.3 is 0 Å². The van der Waals surface area contributed by atoms with E-state index in [-0.39, 0.29) is 11.9 Å². The number of aromatic nitrogens is 2. The quantitative estimate of drug-likeness (QED) is 0.467. The fourth-order valence-corrected chi connectivity index (χ4v) is 3.71. The molecule has 29 heavy (non-hydrogen) atoms. The molecule has 0 aliphatic carbocycles. The third-order valence-electron chi connectivity index (χ3n) is 4.97. The van der Waals surface area contributed by atoms with Crippen molar-refractivity contribution in [2.24, 2.45) is 0 Å². The average molecular weight is 404 g/mol. The summed E-state index contributed by atoms with van der Waals surface area (Å²) in [7, 11) is 0. The summed E-state index contributed by atoms with van der Waals surface area (Å²) in [6.07, 6.45) is 0.892. The predicted octanol–water partition coefficient (Wildman–Crippen LogP) is 5.42. The summed E-state index contributed by atoms with van der Waals surface area (Å²) in [5.74, 6) is 0.680. The van der Waals surface area contributed by atoms with Crippen LogP contribution in [0.15, 0.2) is 78.9 Å². The van der Waals surface area contributed by atoms with Crippen LogP contribution in [0, 0.1) is 0 Å². The summed E-state index contributed by atoms with van der Waals surface area (Å²) in [5.41, 5.74) is 3.81. The van der Waals surface area contributed by atoms with Gasteiger partial charge in [-0.2, -0.15) is 0 Å². The number of halogens is 1. The Bertz CT molecular complexity index is 1140. The van der Waals surface area contributed by atoms with Crippen molar-refractivity contribution in [2.45, 2.75) is 25.9 Å². The van der Waals surface area contributed by atoms with Gasteiger partial charge in [-0.1, -0.05) is 60.1 Å². The summed E-state index contributed by atoms with van der Waals surface area (Å²) >= 11 is 6.02. The van der Waals surface area contributed by atoms with Crippen LogP contribution in [0.25, 0.3) is 11.0 Å². The second-order valence-electron chi connectivity index (χ2n) is 7.05. The lowest BCUT2D eigenvalue weighted by molar-refractivity contribution is 0.0937. The zero-order valence-corrected chi connectivity index (χ0v) is 16.9. The highest BCUT2D eigenvalue weighted by molar-refractivity contribution is 6.30. The first-order valence-electron chi connectivity index (χ1n) is 9.67. The van der Waals surface area contributed by atoms with E-state index in [0.29, 0.717) is 10.6 Å². The standard InChI is InChI=1S/C24H22ClN3O/c1-17(26-24(29)19-10-7-11-20(25)16-19)23-27-21-12-5-6-13-22(21)28(23)15-14-18-8-3-2-4-9-18/h2-13,16-17H,14-15H2,1H3,(H,26,29). The molecule has 4 aromatic rings. The van der Waals surface area contributed by atoms with Gasteiger partial charge in [-0.25, -0.2) is 4.98 Å². The van der Waals surface area contributed by atoms with Crippen molar-refractivity contribution in [1.29, 1.82) is 0 Å². The first kappa shape index (κ1) is 19.2. The maximum atomic E-state index is 12.7. The Labute approximate surface area is 175 Å². The van der Waals surface area contributed by atoms with E-state index in [1.54, 1.807) is 24.3 Å². The van der Waals surface area contributed by atoms with Crippen LogP contribution in [0.2, 0.25) is 5.02 Å². The van der Waals surface area contributed by atoms with Crippen molar-refractivity contribution < 1.29 is 4.79 Å². The average Bonchev–Trinajstić information content (AvgIpc) is 3.12. The molecule has 0 radical (unpaired) electrons. The number of benzene rings is 3. The van der Waals surface area contributed by atoms with Crippen molar-refractivity contribution >= 4 is 28.5 Å². The number of hydrogen-bond acceptors (Lipinski definition) is 2. The minimum Gasteiger partial charge on any atom is -0.342 e. The van der Waals surface area contributed by atoms with Gasteiger partial charge in [0.15, 0.2) is 0 Å². The number of fused-ring (bicyclic) bond motifs is 1. The van der Waals surface area contributed by atoms with Gasteiger partial charge in [-0.3, -0.25) is 4.79 Å². The third kappa shape index (κ3) is 4.33. The van der Waals surface area contributed by atoms with Gasteiger partial charge in [0.25, 0.3) is 5.91 Å². The summed E-state index contributed by atoms with van der Waals surface area (Å²) in [6, 6.07) is 25.2. The van der Waals surface area contributed by atoms with E-state index in [0.717, 1.165) is 29.8 Å². The van der Waals surface area contributed by atoms with Crippen molar-refractivity contribution in [3.63, 3.8) is 0 Å². The first-order valence-corrected chi connectivity index (χ1v) is 10.0. The molecule has 146 valence electrons. The van der Waals surface area contributed by atoms with Gasteiger partial charge in [0.2, 0.25) is 0 Å². The number of nitrogens with zero attached hydrogens (tertiary/aromatic N) is 2. The number of imidazole rings is 1. The van der Waals surface area contributed by atoms with Crippen LogP contribution in [0.4, 0.5) is 0 Å². The van der Waals surface area contributed by atoms with Gasteiger partial charge in [-0.15, -0.1) is 0 Å². The van der Waals surface area contributed by atoms with E-state index >= 15 is 0 Å². The maximum Gasteiger partial charge on any atom is 0.251 e. The van der Waals surface area contributed by atoms with Gasteiger partial charge in [-0.05, 0) is 49.2 Å².